The van der Waals surface area contributed by atoms with E-state index in [2.05, 4.69) is 20.6 Å². The summed E-state index contributed by atoms with van der Waals surface area (Å²) in [5.74, 6) is 1.34. The number of ether oxygens (including phenoxy) is 2. The summed E-state index contributed by atoms with van der Waals surface area (Å²) in [6.45, 7) is 2.40. The first-order valence-electron chi connectivity index (χ1n) is 8.46. The molecule has 0 saturated carbocycles. The third-order valence-electron chi connectivity index (χ3n) is 3.70. The van der Waals surface area contributed by atoms with E-state index in [1.807, 2.05) is 43.3 Å². The number of nitrogens with one attached hydrogen (secondary N) is 2. The highest BCUT2D eigenvalue weighted by atomic mass is 16.5. The van der Waals surface area contributed by atoms with Crippen molar-refractivity contribution in [1.29, 1.82) is 0 Å². The van der Waals surface area contributed by atoms with Crippen LogP contribution >= 0.6 is 0 Å². The lowest BCUT2D eigenvalue weighted by Crippen LogP contribution is -2.14. The van der Waals surface area contributed by atoms with E-state index < -0.39 is 0 Å². The Balaban J connectivity index is 1.71. The van der Waals surface area contributed by atoms with Crippen LogP contribution in [0.15, 0.2) is 60.9 Å². The lowest BCUT2D eigenvalue weighted by atomic mass is 10.2. The summed E-state index contributed by atoms with van der Waals surface area (Å²) in [7, 11) is 1.59. The normalized spacial score (nSPS) is 10.1. The first-order valence-corrected chi connectivity index (χ1v) is 8.46. The second-order valence-corrected chi connectivity index (χ2v) is 5.50. The van der Waals surface area contributed by atoms with Gasteiger partial charge in [-0.2, -0.15) is 0 Å². The molecule has 1 aromatic heterocycles. The maximum atomic E-state index is 12.5. The largest absolute Gasteiger partial charge is 0.495 e. The molecule has 0 saturated heterocycles. The number of carbonyl (C=O) groups excluding carboxylic acids is 1. The van der Waals surface area contributed by atoms with Gasteiger partial charge in [-0.15, -0.1) is 0 Å². The van der Waals surface area contributed by atoms with Gasteiger partial charge in [0.2, 0.25) is 5.95 Å². The Kier molecular flexibility index (Phi) is 5.84. The van der Waals surface area contributed by atoms with Crippen molar-refractivity contribution in [2.45, 2.75) is 6.92 Å². The Bertz CT molecular complexity index is 913. The summed E-state index contributed by atoms with van der Waals surface area (Å²) in [6.07, 6.45) is 2.92. The molecule has 3 rings (SSSR count). The summed E-state index contributed by atoms with van der Waals surface area (Å²) < 4.78 is 10.8. The van der Waals surface area contributed by atoms with Crippen LogP contribution in [-0.2, 0) is 0 Å². The predicted octanol–water partition coefficient (Wildman–Crippen LogP) is 3.88. The Morgan fingerprint density at radius 1 is 0.963 bits per heavy atom. The van der Waals surface area contributed by atoms with Crippen molar-refractivity contribution < 1.29 is 14.3 Å². The van der Waals surface area contributed by atoms with Crippen molar-refractivity contribution >= 4 is 23.2 Å². The Hall–Kier alpha value is -3.61. The molecule has 7 nitrogen and oxygen atoms in total. The standard InChI is InChI=1S/C20H20N4O3/c1-3-27-18-11-7-5-9-16(18)23-19(25)14-12-21-20(22-13-14)24-15-8-4-6-10-17(15)26-2/h4-13H,3H2,1-2H3,(H,23,25)(H,21,22,24). The molecule has 2 N–H and O–H groups in total. The first-order chi connectivity index (χ1) is 13.2. The highest BCUT2D eigenvalue weighted by Gasteiger charge is 2.11. The van der Waals surface area contributed by atoms with Gasteiger partial charge >= 0.3 is 0 Å². The smallest absolute Gasteiger partial charge is 0.258 e. The summed E-state index contributed by atoms with van der Waals surface area (Å²) in [4.78, 5) is 20.9. The monoisotopic (exact) mass is 364 g/mol. The topological polar surface area (TPSA) is 85.4 Å². The van der Waals surface area contributed by atoms with E-state index >= 15 is 0 Å². The molecule has 3 aromatic rings. The average Bonchev–Trinajstić information content (AvgIpc) is 2.70. The van der Waals surface area contributed by atoms with Crippen LogP contribution in [0.2, 0.25) is 0 Å². The van der Waals surface area contributed by atoms with E-state index in [-0.39, 0.29) is 5.91 Å². The molecule has 0 spiro atoms. The van der Waals surface area contributed by atoms with Crippen LogP contribution in [0.25, 0.3) is 0 Å². The zero-order valence-electron chi connectivity index (χ0n) is 15.1. The molecule has 138 valence electrons. The number of methoxy groups -OCH3 is 1. The minimum Gasteiger partial charge on any atom is -0.495 e. The number of rotatable bonds is 7. The Labute approximate surface area is 157 Å². The minimum absolute atomic E-state index is 0.314. The summed E-state index contributed by atoms with van der Waals surface area (Å²) >= 11 is 0. The van der Waals surface area contributed by atoms with E-state index in [0.29, 0.717) is 35.3 Å². The summed E-state index contributed by atoms with van der Waals surface area (Å²) in [5, 5.41) is 5.88. The van der Waals surface area contributed by atoms with E-state index in [4.69, 9.17) is 9.47 Å². The zero-order chi connectivity index (χ0) is 19.1. The Morgan fingerprint density at radius 2 is 1.59 bits per heavy atom. The number of para-hydroxylation sites is 4. The van der Waals surface area contributed by atoms with Gasteiger partial charge in [0.05, 0.1) is 30.7 Å². The van der Waals surface area contributed by atoms with Gasteiger partial charge in [0, 0.05) is 12.4 Å². The number of benzene rings is 2. The molecule has 0 unspecified atom stereocenters. The maximum absolute atomic E-state index is 12.5. The van der Waals surface area contributed by atoms with Gasteiger partial charge in [-0.25, -0.2) is 9.97 Å². The molecular weight excluding hydrogens is 344 g/mol. The lowest BCUT2D eigenvalue weighted by molar-refractivity contribution is 0.102. The van der Waals surface area contributed by atoms with E-state index in [1.54, 1.807) is 19.2 Å². The molecular formula is C20H20N4O3. The van der Waals surface area contributed by atoms with Crippen molar-refractivity contribution in [2.75, 3.05) is 24.4 Å². The fourth-order valence-corrected chi connectivity index (χ4v) is 2.42. The molecule has 2 aromatic carbocycles. The van der Waals surface area contributed by atoms with Crippen LogP contribution in [0.3, 0.4) is 0 Å². The third-order valence-corrected chi connectivity index (χ3v) is 3.70. The number of amides is 1. The van der Waals surface area contributed by atoms with E-state index in [9.17, 15) is 4.79 Å². The number of anilines is 3. The zero-order valence-corrected chi connectivity index (χ0v) is 15.1. The molecule has 0 fully saturated rings. The van der Waals surface area contributed by atoms with Crippen LogP contribution in [-0.4, -0.2) is 29.6 Å². The average molecular weight is 364 g/mol. The molecule has 7 heteroatoms. The van der Waals surface area contributed by atoms with Gasteiger partial charge in [0.1, 0.15) is 11.5 Å². The Morgan fingerprint density at radius 3 is 2.26 bits per heavy atom. The van der Waals surface area contributed by atoms with Gasteiger partial charge in [0.15, 0.2) is 0 Å². The lowest BCUT2D eigenvalue weighted by Gasteiger charge is -2.11. The second kappa shape index (κ2) is 8.66. The van der Waals surface area contributed by atoms with E-state index in [1.165, 1.54) is 12.4 Å². The van der Waals surface area contributed by atoms with Crippen molar-refractivity contribution in [3.63, 3.8) is 0 Å². The molecule has 1 heterocycles. The van der Waals surface area contributed by atoms with Gasteiger partial charge in [0.25, 0.3) is 5.91 Å². The number of hydrogen-bond donors (Lipinski definition) is 2. The van der Waals surface area contributed by atoms with Crippen molar-refractivity contribution in [2.24, 2.45) is 0 Å². The van der Waals surface area contributed by atoms with Crippen LogP contribution in [0, 0.1) is 0 Å². The van der Waals surface area contributed by atoms with Crippen LogP contribution < -0.4 is 20.1 Å². The van der Waals surface area contributed by atoms with Crippen LogP contribution in [0.5, 0.6) is 11.5 Å². The quantitative estimate of drug-likeness (QED) is 0.662. The number of aromatic nitrogens is 2. The van der Waals surface area contributed by atoms with Crippen molar-refractivity contribution in [1.82, 2.24) is 9.97 Å². The highest BCUT2D eigenvalue weighted by Crippen LogP contribution is 2.26. The highest BCUT2D eigenvalue weighted by molar-refractivity contribution is 6.04. The van der Waals surface area contributed by atoms with Crippen molar-refractivity contribution in [3.8, 4) is 11.5 Å². The van der Waals surface area contributed by atoms with Gasteiger partial charge in [-0.3, -0.25) is 4.79 Å². The fraction of sp³-hybridized carbons (Fsp3) is 0.150. The molecule has 0 aliphatic carbocycles. The van der Waals surface area contributed by atoms with Crippen LogP contribution in [0.4, 0.5) is 17.3 Å². The SMILES string of the molecule is CCOc1ccccc1NC(=O)c1cnc(Nc2ccccc2OC)nc1. The van der Waals surface area contributed by atoms with E-state index in [0.717, 1.165) is 5.69 Å². The maximum Gasteiger partial charge on any atom is 0.258 e. The van der Waals surface area contributed by atoms with Crippen molar-refractivity contribution in [3.05, 3.63) is 66.5 Å². The molecule has 0 aliphatic heterocycles. The van der Waals surface area contributed by atoms with Gasteiger partial charge < -0.3 is 20.1 Å². The van der Waals surface area contributed by atoms with Gasteiger partial charge in [-0.1, -0.05) is 24.3 Å². The predicted molar refractivity (Wildman–Crippen MR) is 104 cm³/mol. The van der Waals surface area contributed by atoms with Gasteiger partial charge in [-0.05, 0) is 31.2 Å². The number of hydrogen-bond acceptors (Lipinski definition) is 6. The molecule has 0 atom stereocenters. The third kappa shape index (κ3) is 4.52. The summed E-state index contributed by atoms with van der Waals surface area (Å²) in [5.41, 5.74) is 1.68. The van der Waals surface area contributed by atoms with Crippen LogP contribution in [0.1, 0.15) is 17.3 Å². The second-order valence-electron chi connectivity index (χ2n) is 5.50. The first kappa shape index (κ1) is 18.2. The molecule has 0 bridgehead atoms. The minimum atomic E-state index is -0.314. The molecule has 0 radical (unpaired) electrons. The number of carbonyl (C=O) groups is 1. The number of nitrogens with zero attached hydrogens (tertiary/aromatic N) is 2. The molecule has 0 aliphatic rings. The molecule has 27 heavy (non-hydrogen) atoms. The molecule has 1 amide bonds. The summed E-state index contributed by atoms with van der Waals surface area (Å²) in [6, 6.07) is 14.7. The fourth-order valence-electron chi connectivity index (χ4n) is 2.42.